The van der Waals surface area contributed by atoms with Crippen LogP contribution in [0.2, 0.25) is 0 Å². The molecule has 2 unspecified atom stereocenters. The molecule has 0 fully saturated rings. The van der Waals surface area contributed by atoms with Gasteiger partial charge < -0.3 is 14.6 Å². The molecule has 0 radical (unpaired) electrons. The van der Waals surface area contributed by atoms with Crippen LogP contribution < -0.4 is 9.47 Å². The fourth-order valence-electron chi connectivity index (χ4n) is 3.21. The molecule has 122 valence electrons. The Morgan fingerprint density at radius 3 is 2.57 bits per heavy atom. The second kappa shape index (κ2) is 6.56. The molecule has 1 N–H and O–H groups in total. The van der Waals surface area contributed by atoms with Crippen LogP contribution in [-0.4, -0.2) is 35.8 Å². The van der Waals surface area contributed by atoms with E-state index in [1.54, 1.807) is 20.4 Å². The first-order valence-corrected chi connectivity index (χ1v) is 7.72. The van der Waals surface area contributed by atoms with Crippen molar-refractivity contribution in [3.63, 3.8) is 0 Å². The molecule has 5 nitrogen and oxygen atoms in total. The molecule has 0 saturated carbocycles. The Morgan fingerprint density at radius 2 is 1.91 bits per heavy atom. The lowest BCUT2D eigenvalue weighted by Crippen LogP contribution is -2.36. The van der Waals surface area contributed by atoms with E-state index in [1.165, 1.54) is 0 Å². The van der Waals surface area contributed by atoms with Crippen molar-refractivity contribution < 1.29 is 14.6 Å². The minimum Gasteiger partial charge on any atom is -0.496 e. The number of nitrogens with zero attached hydrogens (tertiary/aromatic N) is 2. The molecule has 1 aromatic carbocycles. The van der Waals surface area contributed by atoms with E-state index in [9.17, 15) is 5.11 Å². The first-order valence-electron chi connectivity index (χ1n) is 7.72. The van der Waals surface area contributed by atoms with Crippen molar-refractivity contribution in [1.29, 1.82) is 0 Å². The number of ether oxygens (including phenoxy) is 2. The zero-order chi connectivity index (χ0) is 16.4. The van der Waals surface area contributed by atoms with Crippen molar-refractivity contribution in [2.75, 3.05) is 20.8 Å². The third-order valence-corrected chi connectivity index (χ3v) is 4.48. The van der Waals surface area contributed by atoms with Gasteiger partial charge in [0.15, 0.2) is 0 Å². The fraction of sp³-hybridized carbons (Fsp3) is 0.389. The van der Waals surface area contributed by atoms with E-state index in [0.29, 0.717) is 18.8 Å². The van der Waals surface area contributed by atoms with Gasteiger partial charge in [-0.15, -0.1) is 0 Å². The number of methoxy groups -OCH3 is 2. The highest BCUT2D eigenvalue weighted by Gasteiger charge is 2.32. The number of aliphatic hydroxyl groups is 1. The van der Waals surface area contributed by atoms with Gasteiger partial charge in [-0.2, -0.15) is 0 Å². The number of pyridine rings is 1. The summed E-state index contributed by atoms with van der Waals surface area (Å²) < 4.78 is 10.9. The molecule has 0 amide bonds. The number of hydrogen-bond acceptors (Lipinski definition) is 5. The van der Waals surface area contributed by atoms with Crippen LogP contribution in [0.15, 0.2) is 36.5 Å². The van der Waals surface area contributed by atoms with E-state index in [1.807, 2.05) is 30.3 Å². The highest BCUT2D eigenvalue weighted by atomic mass is 16.5. The molecule has 23 heavy (non-hydrogen) atoms. The number of aliphatic hydroxyl groups excluding tert-OH is 1. The maximum Gasteiger partial charge on any atom is 0.125 e. The Bertz CT molecular complexity index is 675. The number of rotatable bonds is 4. The predicted molar refractivity (Wildman–Crippen MR) is 87.6 cm³/mol. The van der Waals surface area contributed by atoms with Crippen LogP contribution >= 0.6 is 0 Å². The molecular weight excluding hydrogens is 292 g/mol. The molecular formula is C18H22N2O3. The van der Waals surface area contributed by atoms with Crippen LogP contribution in [0, 0.1) is 0 Å². The molecule has 2 aromatic rings. The summed E-state index contributed by atoms with van der Waals surface area (Å²) in [5.74, 6) is 1.48. The maximum atomic E-state index is 10.7. The van der Waals surface area contributed by atoms with Crippen molar-refractivity contribution in [1.82, 2.24) is 9.88 Å². The summed E-state index contributed by atoms with van der Waals surface area (Å²) in [6, 6.07) is 9.74. The molecule has 1 aromatic heterocycles. The predicted octanol–water partition coefficient (Wildman–Crippen LogP) is 2.71. The lowest BCUT2D eigenvalue weighted by molar-refractivity contribution is 0.0651. The average molecular weight is 314 g/mol. The van der Waals surface area contributed by atoms with Gasteiger partial charge in [-0.05, 0) is 31.2 Å². The summed E-state index contributed by atoms with van der Waals surface area (Å²) in [6.07, 6.45) is 1.18. The van der Waals surface area contributed by atoms with E-state index in [0.717, 1.165) is 22.6 Å². The van der Waals surface area contributed by atoms with Gasteiger partial charge in [-0.3, -0.25) is 9.88 Å². The summed E-state index contributed by atoms with van der Waals surface area (Å²) in [7, 11) is 3.27. The Hall–Kier alpha value is -2.11. The molecule has 0 spiro atoms. The molecule has 1 aliphatic rings. The van der Waals surface area contributed by atoms with Gasteiger partial charge >= 0.3 is 0 Å². The number of β-amino-alcohol motifs (C(OH)–C–C–N with tert-alkyl or cyclic N) is 1. The first-order chi connectivity index (χ1) is 11.2. The molecule has 0 saturated heterocycles. The van der Waals surface area contributed by atoms with Crippen LogP contribution in [0.4, 0.5) is 0 Å². The van der Waals surface area contributed by atoms with Crippen LogP contribution in [0.25, 0.3) is 0 Å². The molecule has 2 heterocycles. The van der Waals surface area contributed by atoms with Gasteiger partial charge in [0.1, 0.15) is 11.5 Å². The van der Waals surface area contributed by atoms with Crippen LogP contribution in [-0.2, 0) is 6.54 Å². The van der Waals surface area contributed by atoms with Gasteiger partial charge in [-0.1, -0.05) is 6.07 Å². The fourth-order valence-corrected chi connectivity index (χ4v) is 3.21. The topological polar surface area (TPSA) is 54.8 Å². The summed E-state index contributed by atoms with van der Waals surface area (Å²) in [5.41, 5.74) is 2.80. The van der Waals surface area contributed by atoms with Crippen LogP contribution in [0.1, 0.15) is 35.9 Å². The Labute approximate surface area is 136 Å². The van der Waals surface area contributed by atoms with Gasteiger partial charge in [-0.25, -0.2) is 0 Å². The Morgan fingerprint density at radius 1 is 1.17 bits per heavy atom. The number of fused-ring (bicyclic) bond motifs is 1. The molecule has 0 aliphatic carbocycles. The van der Waals surface area contributed by atoms with Crippen molar-refractivity contribution >= 4 is 0 Å². The smallest absolute Gasteiger partial charge is 0.125 e. The lowest BCUT2D eigenvalue weighted by atomic mass is 9.94. The van der Waals surface area contributed by atoms with E-state index >= 15 is 0 Å². The maximum absolute atomic E-state index is 10.7. The van der Waals surface area contributed by atoms with E-state index in [2.05, 4.69) is 16.8 Å². The lowest BCUT2D eigenvalue weighted by Gasteiger charge is -2.37. The largest absolute Gasteiger partial charge is 0.496 e. The minimum absolute atomic E-state index is 0.106. The third-order valence-electron chi connectivity index (χ3n) is 4.48. The third kappa shape index (κ3) is 2.90. The summed E-state index contributed by atoms with van der Waals surface area (Å²) >= 11 is 0. The Balaban J connectivity index is 1.97. The van der Waals surface area contributed by atoms with Crippen molar-refractivity contribution in [3.8, 4) is 11.5 Å². The molecule has 0 bridgehead atoms. The van der Waals surface area contributed by atoms with Gasteiger partial charge in [0.2, 0.25) is 0 Å². The summed E-state index contributed by atoms with van der Waals surface area (Å²) in [5, 5.41) is 10.7. The monoisotopic (exact) mass is 314 g/mol. The van der Waals surface area contributed by atoms with Crippen molar-refractivity contribution in [2.24, 2.45) is 0 Å². The second-order valence-corrected chi connectivity index (χ2v) is 5.74. The normalized spacial score (nSPS) is 19.0. The highest BCUT2D eigenvalue weighted by molar-refractivity contribution is 5.51. The zero-order valence-corrected chi connectivity index (χ0v) is 13.7. The molecule has 5 heteroatoms. The van der Waals surface area contributed by atoms with Gasteiger partial charge in [0, 0.05) is 36.5 Å². The molecule has 2 atom stereocenters. The quantitative estimate of drug-likeness (QED) is 0.940. The second-order valence-electron chi connectivity index (χ2n) is 5.74. The standard InChI is InChI=1S/C18H22N2O3/c1-12(14-6-4-5-9-19-14)20-10-13-16(22-2)7-8-17(23-3)18(13)15(21)11-20/h4-9,12,15,21H,10-11H2,1-3H3. The van der Waals surface area contributed by atoms with E-state index in [4.69, 9.17) is 9.47 Å². The van der Waals surface area contributed by atoms with Crippen molar-refractivity contribution in [3.05, 3.63) is 53.3 Å². The van der Waals surface area contributed by atoms with Crippen molar-refractivity contribution in [2.45, 2.75) is 25.6 Å². The SMILES string of the molecule is COc1ccc(OC)c2c1CN(C(C)c1ccccn1)CC2O. The highest BCUT2D eigenvalue weighted by Crippen LogP contribution is 2.41. The first kappa shape index (κ1) is 15.8. The number of aromatic nitrogens is 1. The summed E-state index contributed by atoms with van der Waals surface area (Å²) in [4.78, 5) is 6.64. The van der Waals surface area contributed by atoms with E-state index in [-0.39, 0.29) is 6.04 Å². The molecule has 3 rings (SSSR count). The summed E-state index contributed by atoms with van der Waals surface area (Å²) in [6.45, 7) is 3.32. The van der Waals surface area contributed by atoms with E-state index < -0.39 is 6.10 Å². The van der Waals surface area contributed by atoms with Crippen LogP contribution in [0.5, 0.6) is 11.5 Å². The Kier molecular flexibility index (Phi) is 4.50. The number of benzene rings is 1. The van der Waals surface area contributed by atoms with Gasteiger partial charge in [0.25, 0.3) is 0 Å². The minimum atomic E-state index is -0.616. The molecule has 1 aliphatic heterocycles. The average Bonchev–Trinajstić information content (AvgIpc) is 2.60. The zero-order valence-electron chi connectivity index (χ0n) is 13.7. The van der Waals surface area contributed by atoms with Gasteiger partial charge in [0.05, 0.1) is 26.0 Å². The van der Waals surface area contributed by atoms with Crippen LogP contribution in [0.3, 0.4) is 0 Å². The number of hydrogen-bond donors (Lipinski definition) is 1.